The van der Waals surface area contributed by atoms with Crippen LogP contribution in [0, 0.1) is 6.92 Å². The van der Waals surface area contributed by atoms with E-state index in [4.69, 9.17) is 5.10 Å². The molecule has 0 saturated carbocycles. The zero-order valence-corrected chi connectivity index (χ0v) is 12.9. The van der Waals surface area contributed by atoms with Crippen LogP contribution in [0.5, 0.6) is 0 Å². The molecule has 1 aromatic carbocycles. The summed E-state index contributed by atoms with van der Waals surface area (Å²) in [4.78, 5) is 0. The van der Waals surface area contributed by atoms with E-state index >= 15 is 0 Å². The molecule has 0 saturated heterocycles. The van der Waals surface area contributed by atoms with Crippen molar-refractivity contribution in [3.63, 3.8) is 0 Å². The van der Waals surface area contributed by atoms with Gasteiger partial charge in [-0.15, -0.1) is 0 Å². The fourth-order valence-corrected chi connectivity index (χ4v) is 2.07. The van der Waals surface area contributed by atoms with Crippen LogP contribution in [-0.2, 0) is 5.41 Å². The van der Waals surface area contributed by atoms with Gasteiger partial charge in [0.15, 0.2) is 0 Å². The number of aryl methyl sites for hydroxylation is 1. The molecule has 0 amide bonds. The van der Waals surface area contributed by atoms with Crippen molar-refractivity contribution in [1.29, 1.82) is 0 Å². The van der Waals surface area contributed by atoms with Crippen molar-refractivity contribution in [2.45, 2.75) is 52.9 Å². The third kappa shape index (κ3) is 2.89. The second-order valence-corrected chi connectivity index (χ2v) is 6.61. The van der Waals surface area contributed by atoms with Gasteiger partial charge in [-0.05, 0) is 31.0 Å². The SMILES string of the molecule is Cc1ccc(-n2nc(C(C)(C)C)cc2C(C)C)cc1. The molecule has 2 heteroatoms. The third-order valence-corrected chi connectivity index (χ3v) is 3.38. The summed E-state index contributed by atoms with van der Waals surface area (Å²) >= 11 is 0. The maximum Gasteiger partial charge on any atom is 0.0685 e. The largest absolute Gasteiger partial charge is 0.237 e. The van der Waals surface area contributed by atoms with Gasteiger partial charge in [0, 0.05) is 11.1 Å². The minimum Gasteiger partial charge on any atom is -0.237 e. The molecule has 0 radical (unpaired) electrons. The number of hydrogen-bond donors (Lipinski definition) is 0. The molecule has 0 fully saturated rings. The molecule has 2 nitrogen and oxygen atoms in total. The summed E-state index contributed by atoms with van der Waals surface area (Å²) < 4.78 is 2.09. The second kappa shape index (κ2) is 4.84. The number of aromatic nitrogens is 2. The van der Waals surface area contributed by atoms with Crippen molar-refractivity contribution in [3.05, 3.63) is 47.3 Å². The standard InChI is InChI=1S/C17H24N2/c1-12(2)15-11-16(17(4,5)6)18-19(15)14-9-7-13(3)8-10-14/h7-12H,1-6H3. The lowest BCUT2D eigenvalue weighted by Gasteiger charge is -2.14. The number of nitrogens with zero attached hydrogens (tertiary/aromatic N) is 2. The van der Waals surface area contributed by atoms with Gasteiger partial charge in [0.05, 0.1) is 11.4 Å². The Morgan fingerprint density at radius 3 is 2.11 bits per heavy atom. The maximum absolute atomic E-state index is 4.82. The first-order chi connectivity index (χ1) is 8.79. The van der Waals surface area contributed by atoms with Crippen LogP contribution in [0.3, 0.4) is 0 Å². The summed E-state index contributed by atoms with van der Waals surface area (Å²) in [6, 6.07) is 10.8. The molecule has 1 heterocycles. The van der Waals surface area contributed by atoms with Crippen molar-refractivity contribution in [1.82, 2.24) is 9.78 Å². The van der Waals surface area contributed by atoms with Crippen LogP contribution >= 0.6 is 0 Å². The molecule has 102 valence electrons. The van der Waals surface area contributed by atoms with E-state index in [0.717, 1.165) is 11.4 Å². The summed E-state index contributed by atoms with van der Waals surface area (Å²) in [5.74, 6) is 0.463. The lowest BCUT2D eigenvalue weighted by atomic mass is 9.91. The van der Waals surface area contributed by atoms with E-state index in [1.165, 1.54) is 11.3 Å². The fourth-order valence-electron chi connectivity index (χ4n) is 2.07. The first-order valence-corrected chi connectivity index (χ1v) is 6.96. The molecular formula is C17H24N2. The number of rotatable bonds is 2. The summed E-state index contributed by atoms with van der Waals surface area (Å²) in [7, 11) is 0. The topological polar surface area (TPSA) is 17.8 Å². The Labute approximate surface area is 116 Å². The summed E-state index contributed by atoms with van der Waals surface area (Å²) in [6.45, 7) is 13.2. The van der Waals surface area contributed by atoms with Gasteiger partial charge in [-0.2, -0.15) is 5.10 Å². The molecule has 19 heavy (non-hydrogen) atoms. The first kappa shape index (κ1) is 13.9. The molecule has 2 rings (SSSR count). The molecule has 2 aromatic rings. The molecule has 0 aliphatic carbocycles. The monoisotopic (exact) mass is 256 g/mol. The summed E-state index contributed by atoms with van der Waals surface area (Å²) in [5, 5.41) is 4.82. The van der Waals surface area contributed by atoms with Crippen LogP contribution in [0.2, 0.25) is 0 Å². The Hall–Kier alpha value is -1.57. The zero-order valence-electron chi connectivity index (χ0n) is 12.9. The predicted octanol–water partition coefficient (Wildman–Crippen LogP) is 4.60. The lowest BCUT2D eigenvalue weighted by molar-refractivity contribution is 0.559. The molecule has 0 aliphatic rings. The minimum atomic E-state index is 0.0829. The van der Waals surface area contributed by atoms with Gasteiger partial charge < -0.3 is 0 Å². The van der Waals surface area contributed by atoms with Crippen LogP contribution in [0.4, 0.5) is 0 Å². The van der Waals surface area contributed by atoms with Crippen LogP contribution in [0.1, 0.15) is 57.5 Å². The van der Waals surface area contributed by atoms with Crippen LogP contribution in [-0.4, -0.2) is 9.78 Å². The minimum absolute atomic E-state index is 0.0829. The molecule has 0 N–H and O–H groups in total. The van der Waals surface area contributed by atoms with E-state index in [0.29, 0.717) is 5.92 Å². The van der Waals surface area contributed by atoms with E-state index in [1.54, 1.807) is 0 Å². The van der Waals surface area contributed by atoms with Crippen molar-refractivity contribution in [2.75, 3.05) is 0 Å². The van der Waals surface area contributed by atoms with Crippen LogP contribution in [0.15, 0.2) is 30.3 Å². The molecule has 1 aromatic heterocycles. The quantitative estimate of drug-likeness (QED) is 0.767. The van der Waals surface area contributed by atoms with E-state index in [-0.39, 0.29) is 5.41 Å². The van der Waals surface area contributed by atoms with Gasteiger partial charge in [-0.25, -0.2) is 4.68 Å². The molecular weight excluding hydrogens is 232 g/mol. The Bertz CT molecular complexity index is 554. The van der Waals surface area contributed by atoms with Crippen molar-refractivity contribution >= 4 is 0 Å². The number of hydrogen-bond acceptors (Lipinski definition) is 1. The smallest absolute Gasteiger partial charge is 0.0685 e. The van der Waals surface area contributed by atoms with Gasteiger partial charge >= 0.3 is 0 Å². The average molecular weight is 256 g/mol. The highest BCUT2D eigenvalue weighted by molar-refractivity contribution is 5.37. The zero-order chi connectivity index (χ0) is 14.2. The summed E-state index contributed by atoms with van der Waals surface area (Å²) in [5.41, 5.74) is 4.92. The van der Waals surface area contributed by atoms with E-state index < -0.39 is 0 Å². The Morgan fingerprint density at radius 1 is 1.05 bits per heavy atom. The molecule has 0 unspecified atom stereocenters. The Balaban J connectivity index is 2.55. The highest BCUT2D eigenvalue weighted by Crippen LogP contribution is 2.27. The van der Waals surface area contributed by atoms with E-state index in [9.17, 15) is 0 Å². The Kier molecular flexibility index (Phi) is 3.53. The highest BCUT2D eigenvalue weighted by atomic mass is 15.3. The normalized spacial score (nSPS) is 12.2. The van der Waals surface area contributed by atoms with E-state index in [1.807, 2.05) is 0 Å². The maximum atomic E-state index is 4.82. The van der Waals surface area contributed by atoms with Gasteiger partial charge in [0.1, 0.15) is 0 Å². The molecule has 0 aliphatic heterocycles. The lowest BCUT2D eigenvalue weighted by Crippen LogP contribution is -2.12. The first-order valence-electron chi connectivity index (χ1n) is 6.96. The second-order valence-electron chi connectivity index (χ2n) is 6.61. The average Bonchev–Trinajstić information content (AvgIpc) is 2.74. The molecule has 0 atom stereocenters. The van der Waals surface area contributed by atoms with Gasteiger partial charge in [0.2, 0.25) is 0 Å². The van der Waals surface area contributed by atoms with E-state index in [2.05, 4.69) is 76.6 Å². The van der Waals surface area contributed by atoms with Crippen molar-refractivity contribution < 1.29 is 0 Å². The molecule has 0 bridgehead atoms. The Morgan fingerprint density at radius 2 is 1.63 bits per heavy atom. The molecule has 0 spiro atoms. The van der Waals surface area contributed by atoms with Gasteiger partial charge in [0.25, 0.3) is 0 Å². The summed E-state index contributed by atoms with van der Waals surface area (Å²) in [6.07, 6.45) is 0. The van der Waals surface area contributed by atoms with Crippen molar-refractivity contribution in [3.8, 4) is 5.69 Å². The van der Waals surface area contributed by atoms with Gasteiger partial charge in [-0.3, -0.25) is 0 Å². The van der Waals surface area contributed by atoms with Gasteiger partial charge in [-0.1, -0.05) is 52.3 Å². The fraction of sp³-hybridized carbons (Fsp3) is 0.471. The van der Waals surface area contributed by atoms with Crippen LogP contribution in [0.25, 0.3) is 5.69 Å². The van der Waals surface area contributed by atoms with Crippen LogP contribution < -0.4 is 0 Å². The van der Waals surface area contributed by atoms with Crippen molar-refractivity contribution in [2.24, 2.45) is 0 Å². The highest BCUT2D eigenvalue weighted by Gasteiger charge is 2.21. The number of benzene rings is 1. The third-order valence-electron chi connectivity index (χ3n) is 3.38. The predicted molar refractivity (Wildman–Crippen MR) is 81.1 cm³/mol.